The number of anilines is 1. The quantitative estimate of drug-likeness (QED) is 0.333. The van der Waals surface area contributed by atoms with Gasteiger partial charge in [0, 0.05) is 10.8 Å². The Balaban J connectivity index is 1.64. The first-order chi connectivity index (χ1) is 18.0. The lowest BCUT2D eigenvalue weighted by Gasteiger charge is -2.31. The summed E-state index contributed by atoms with van der Waals surface area (Å²) in [7, 11) is 0. The maximum Gasteiger partial charge on any atom is 0.326 e. The van der Waals surface area contributed by atoms with Gasteiger partial charge in [0.15, 0.2) is 0 Å². The van der Waals surface area contributed by atoms with Crippen LogP contribution in [-0.4, -0.2) is 34.2 Å². The maximum atomic E-state index is 13.9. The number of aromatic nitrogens is 1. The molecule has 0 N–H and O–H groups in total. The summed E-state index contributed by atoms with van der Waals surface area (Å²) in [6.07, 6.45) is 0. The number of esters is 1. The molecule has 0 bridgehead atoms. The van der Waals surface area contributed by atoms with Crippen LogP contribution in [0.2, 0.25) is 0 Å². The molecule has 0 saturated carbocycles. The van der Waals surface area contributed by atoms with Gasteiger partial charge in [-0.1, -0.05) is 85.8 Å². The molecule has 2 aliphatic heterocycles. The van der Waals surface area contributed by atoms with E-state index in [-0.39, 0.29) is 35.3 Å². The number of benzene rings is 2. The minimum absolute atomic E-state index is 0.0518. The van der Waals surface area contributed by atoms with E-state index in [2.05, 4.69) is 20.8 Å². The third-order valence-electron chi connectivity index (χ3n) is 7.07. The van der Waals surface area contributed by atoms with Gasteiger partial charge in [-0.05, 0) is 42.5 Å². The van der Waals surface area contributed by atoms with Crippen LogP contribution in [-0.2, 0) is 31.1 Å². The number of carbonyl (C=O) groups is 3. The molecule has 3 atom stereocenters. The Bertz CT molecular complexity index is 1460. The van der Waals surface area contributed by atoms with E-state index >= 15 is 0 Å². The molecule has 3 heterocycles. The number of imide groups is 1. The molecular formula is C29H30N2O5S2. The number of rotatable bonds is 5. The van der Waals surface area contributed by atoms with Crippen LogP contribution in [0.15, 0.2) is 58.4 Å². The largest absolute Gasteiger partial charge is 0.465 e. The van der Waals surface area contributed by atoms with Crippen molar-refractivity contribution >= 4 is 46.6 Å². The van der Waals surface area contributed by atoms with E-state index in [1.165, 1.54) is 21.2 Å². The Morgan fingerprint density at radius 3 is 2.24 bits per heavy atom. The average molecular weight is 551 g/mol. The molecule has 0 radical (unpaired) electrons. The molecule has 2 unspecified atom stereocenters. The second-order valence-corrected chi connectivity index (χ2v) is 12.8. The number of carbonyl (C=O) groups excluding carboxylic acids is 3. The van der Waals surface area contributed by atoms with Crippen molar-refractivity contribution in [2.75, 3.05) is 11.5 Å². The van der Waals surface area contributed by atoms with Crippen molar-refractivity contribution in [2.24, 2.45) is 5.92 Å². The highest BCUT2D eigenvalue weighted by Gasteiger charge is 2.56. The predicted octanol–water partition coefficient (Wildman–Crippen LogP) is 4.87. The van der Waals surface area contributed by atoms with Gasteiger partial charge in [0.05, 0.1) is 23.2 Å². The second-order valence-electron chi connectivity index (χ2n) is 10.7. The molecule has 2 amide bonds. The van der Waals surface area contributed by atoms with Crippen LogP contribution in [0, 0.1) is 12.8 Å². The fraction of sp³-hybridized carbons (Fsp3) is 0.379. The molecule has 2 aliphatic rings. The topological polar surface area (TPSA) is 85.7 Å². The lowest BCUT2D eigenvalue weighted by Crippen LogP contribution is -2.32. The molecule has 5 rings (SSSR count). The van der Waals surface area contributed by atoms with Gasteiger partial charge in [0.25, 0.3) is 0 Å². The van der Waals surface area contributed by atoms with Crippen LogP contribution in [0.4, 0.5) is 5.69 Å². The molecule has 0 aliphatic carbocycles. The van der Waals surface area contributed by atoms with Gasteiger partial charge < -0.3 is 4.74 Å². The Labute approximate surface area is 229 Å². The first-order valence-corrected chi connectivity index (χ1v) is 14.3. The highest BCUT2D eigenvalue weighted by atomic mass is 32.2. The van der Waals surface area contributed by atoms with E-state index in [0.717, 1.165) is 28.0 Å². The summed E-state index contributed by atoms with van der Waals surface area (Å²) in [6, 6.07) is 15.4. The van der Waals surface area contributed by atoms with Crippen LogP contribution >= 0.6 is 23.1 Å². The van der Waals surface area contributed by atoms with Crippen LogP contribution in [0.25, 0.3) is 0 Å². The fourth-order valence-corrected chi connectivity index (χ4v) is 7.86. The lowest BCUT2D eigenvalue weighted by molar-refractivity contribution is -0.144. The Hall–Kier alpha value is -3.17. The Morgan fingerprint density at radius 1 is 0.974 bits per heavy atom. The lowest BCUT2D eigenvalue weighted by atomic mass is 9.81. The molecule has 38 heavy (non-hydrogen) atoms. The zero-order chi connectivity index (χ0) is 27.4. The second kappa shape index (κ2) is 9.85. The molecule has 1 saturated heterocycles. The molecule has 9 heteroatoms. The van der Waals surface area contributed by atoms with Crippen molar-refractivity contribution in [3.05, 3.63) is 79.8 Å². The van der Waals surface area contributed by atoms with Gasteiger partial charge >= 0.3 is 10.8 Å². The first-order valence-electron chi connectivity index (χ1n) is 12.6. The monoisotopic (exact) mass is 550 g/mol. The van der Waals surface area contributed by atoms with Gasteiger partial charge in [-0.3, -0.25) is 23.7 Å². The Kier molecular flexibility index (Phi) is 6.86. The minimum Gasteiger partial charge on any atom is -0.465 e. The number of nitrogens with zero attached hydrogens (tertiary/aromatic N) is 2. The Morgan fingerprint density at radius 2 is 1.63 bits per heavy atom. The molecule has 0 spiro atoms. The molecule has 2 aromatic carbocycles. The molecule has 7 nitrogen and oxygen atoms in total. The molecule has 1 fully saturated rings. The van der Waals surface area contributed by atoms with Crippen molar-refractivity contribution in [2.45, 2.75) is 62.8 Å². The zero-order valence-corrected chi connectivity index (χ0v) is 23.7. The number of hydrogen-bond acceptors (Lipinski definition) is 7. The number of amides is 2. The number of ether oxygens (including phenoxy) is 1. The summed E-state index contributed by atoms with van der Waals surface area (Å²) in [4.78, 5) is 54.8. The summed E-state index contributed by atoms with van der Waals surface area (Å²) in [6.45, 7) is 10.0. The van der Waals surface area contributed by atoms with Gasteiger partial charge in [-0.15, -0.1) is 0 Å². The molecule has 1 aromatic heterocycles. The van der Waals surface area contributed by atoms with E-state index in [4.69, 9.17) is 4.74 Å². The number of fused-ring (bicyclic) bond motifs is 2. The van der Waals surface area contributed by atoms with Crippen molar-refractivity contribution in [1.82, 2.24) is 4.57 Å². The zero-order valence-electron chi connectivity index (χ0n) is 22.0. The summed E-state index contributed by atoms with van der Waals surface area (Å²) < 4.78 is 6.49. The van der Waals surface area contributed by atoms with Gasteiger partial charge in [0.1, 0.15) is 11.8 Å². The number of thiazole rings is 1. The summed E-state index contributed by atoms with van der Waals surface area (Å²) >= 11 is 2.25. The molecule has 198 valence electrons. The van der Waals surface area contributed by atoms with Crippen molar-refractivity contribution in [3.63, 3.8) is 0 Å². The van der Waals surface area contributed by atoms with Crippen LogP contribution < -0.4 is 9.77 Å². The normalized spacial score (nSPS) is 20.9. The summed E-state index contributed by atoms with van der Waals surface area (Å²) in [5.41, 5.74) is 3.53. The van der Waals surface area contributed by atoms with Crippen molar-refractivity contribution in [1.29, 1.82) is 0 Å². The van der Waals surface area contributed by atoms with Crippen molar-refractivity contribution < 1.29 is 19.1 Å². The van der Waals surface area contributed by atoms with E-state index in [1.807, 2.05) is 43.3 Å². The maximum absolute atomic E-state index is 13.9. The van der Waals surface area contributed by atoms with Crippen LogP contribution in [0.1, 0.15) is 55.2 Å². The smallest absolute Gasteiger partial charge is 0.326 e. The SMILES string of the molecule is CCOC(=O)Cn1c2c(sc1=O)[C@H](c1ccc(C(C)(C)C)cc1)C1C(=O)N(c3ccc(C)cc3)C(=O)C1S2. The van der Waals surface area contributed by atoms with Gasteiger partial charge in [-0.2, -0.15) is 0 Å². The summed E-state index contributed by atoms with van der Waals surface area (Å²) in [5, 5.41) is -0.155. The van der Waals surface area contributed by atoms with Crippen LogP contribution in [0.5, 0.6) is 0 Å². The fourth-order valence-electron chi connectivity index (χ4n) is 5.09. The van der Waals surface area contributed by atoms with E-state index in [0.29, 0.717) is 15.6 Å². The molecular weight excluding hydrogens is 520 g/mol. The van der Waals surface area contributed by atoms with Crippen molar-refractivity contribution in [3.8, 4) is 0 Å². The number of thioether (sulfide) groups is 1. The highest BCUT2D eigenvalue weighted by molar-refractivity contribution is 8.00. The standard InChI is InChI=1S/C29H30N2O5S2/c1-6-36-20(32)15-30-27-24(38-28(30)35)21(17-9-11-18(12-10-17)29(3,4)5)22-23(37-27)26(34)31(25(22)33)19-13-7-16(2)8-14-19/h7-14,21-23H,6,15H2,1-5H3/t21-,22?,23?/m1/s1. The average Bonchev–Trinajstić information content (AvgIpc) is 3.30. The molecule has 3 aromatic rings. The van der Waals surface area contributed by atoms with E-state index in [1.54, 1.807) is 19.1 Å². The third kappa shape index (κ3) is 4.52. The highest BCUT2D eigenvalue weighted by Crippen LogP contribution is 2.54. The number of hydrogen-bond donors (Lipinski definition) is 0. The predicted molar refractivity (Wildman–Crippen MR) is 149 cm³/mol. The summed E-state index contributed by atoms with van der Waals surface area (Å²) in [5.74, 6) is -2.25. The van der Waals surface area contributed by atoms with E-state index < -0.39 is 23.1 Å². The first kappa shape index (κ1) is 26.4. The third-order valence-corrected chi connectivity index (χ3v) is 9.67. The van der Waals surface area contributed by atoms with Gasteiger partial charge in [0.2, 0.25) is 11.8 Å². The van der Waals surface area contributed by atoms with Gasteiger partial charge in [-0.25, -0.2) is 4.90 Å². The van der Waals surface area contributed by atoms with E-state index in [9.17, 15) is 19.2 Å². The minimum atomic E-state index is -0.717. The van der Waals surface area contributed by atoms with Crippen LogP contribution in [0.3, 0.4) is 0 Å². The number of aryl methyl sites for hydroxylation is 1.